The molecular formula is C34H38O15. The van der Waals surface area contributed by atoms with E-state index in [0.29, 0.717) is 60.2 Å². The van der Waals surface area contributed by atoms with E-state index in [1.54, 1.807) is 0 Å². The molecule has 49 heavy (non-hydrogen) atoms. The van der Waals surface area contributed by atoms with Gasteiger partial charge in [-0.25, -0.2) is 24.0 Å². The molecule has 0 atom stereocenters. The predicted molar refractivity (Wildman–Crippen MR) is 170 cm³/mol. The molecule has 0 bridgehead atoms. The molecule has 0 unspecified atom stereocenters. The van der Waals surface area contributed by atoms with E-state index in [4.69, 9.17) is 9.47 Å². The van der Waals surface area contributed by atoms with Crippen LogP contribution in [0.3, 0.4) is 0 Å². The molecule has 0 amide bonds. The van der Waals surface area contributed by atoms with E-state index >= 15 is 0 Å². The Bertz CT molecular complexity index is 1360. The molecule has 5 saturated heterocycles. The van der Waals surface area contributed by atoms with Gasteiger partial charge in [0.25, 0.3) is 0 Å². The normalized spacial score (nSPS) is 21.0. The minimum Gasteiger partial charge on any atom is -0.430 e. The van der Waals surface area contributed by atoms with Gasteiger partial charge in [0.1, 0.15) is 60.0 Å². The Morgan fingerprint density at radius 1 is 0.469 bits per heavy atom. The zero-order chi connectivity index (χ0) is 36.7. The number of carbonyl (C=O) groups excluding carboxylic acids is 5. The maximum absolute atomic E-state index is 11.0. The summed E-state index contributed by atoms with van der Waals surface area (Å²) in [6.45, 7) is 32.2. The Balaban J connectivity index is 0.000000215. The minimum absolute atomic E-state index is 0.192. The maximum Gasteiger partial charge on any atom is 0.519 e. The van der Waals surface area contributed by atoms with Crippen molar-refractivity contribution in [3.8, 4) is 0 Å². The Hall–Kier alpha value is -5.99. The quantitative estimate of drug-likeness (QED) is 0.136. The van der Waals surface area contributed by atoms with Crippen LogP contribution in [0.5, 0.6) is 0 Å². The van der Waals surface area contributed by atoms with Gasteiger partial charge < -0.3 is 47.4 Å². The topological polar surface area (TPSA) is 178 Å². The standard InChI is InChI=1S/C10H14O3.C7H6O3.2C6H6O3.C5H6O3/c1-8-7-10(13-9(11)12-8)5-3-2-4-6-10;1-4-5(2)9-7(8)10-6(4)3;1-4-3-8-6(7)9-5(4)2;1-4-3-5(2)9-6(7)8-4;1-4-2-7-5(6)8-3-4/h1-7H2;1-3H2;2*1-3H2;1-3H2. The first-order chi connectivity index (χ1) is 23.0. The highest BCUT2D eigenvalue weighted by Crippen LogP contribution is 2.39. The van der Waals surface area contributed by atoms with Gasteiger partial charge in [-0.3, -0.25) is 0 Å². The summed E-state index contributed by atoms with van der Waals surface area (Å²) in [7, 11) is 0. The van der Waals surface area contributed by atoms with Crippen molar-refractivity contribution in [3.63, 3.8) is 0 Å². The van der Waals surface area contributed by atoms with Crippen LogP contribution in [0.1, 0.15) is 44.9 Å². The largest absolute Gasteiger partial charge is 0.519 e. The predicted octanol–water partition coefficient (Wildman–Crippen LogP) is 8.00. The third-order valence-electron chi connectivity index (χ3n) is 6.50. The van der Waals surface area contributed by atoms with Crippen LogP contribution in [0, 0.1) is 0 Å². The zero-order valence-corrected chi connectivity index (χ0v) is 27.1. The van der Waals surface area contributed by atoms with Crippen molar-refractivity contribution in [2.75, 3.05) is 19.8 Å². The van der Waals surface area contributed by atoms with Crippen LogP contribution >= 0.6 is 0 Å². The number of rotatable bonds is 0. The summed E-state index contributed by atoms with van der Waals surface area (Å²) < 4.78 is 45.5. The first kappa shape index (κ1) is 39.2. The molecule has 5 aliphatic heterocycles. The molecule has 6 fully saturated rings. The van der Waals surface area contributed by atoms with Crippen molar-refractivity contribution in [2.24, 2.45) is 0 Å². The van der Waals surface area contributed by atoms with E-state index in [1.807, 2.05) is 0 Å². The summed E-state index contributed by atoms with van der Waals surface area (Å²) in [5.74, 6) is 2.01. The molecule has 1 aliphatic carbocycles. The van der Waals surface area contributed by atoms with E-state index in [0.717, 1.165) is 31.3 Å². The summed E-state index contributed by atoms with van der Waals surface area (Å²) in [5.41, 5.74) is 1.55. The SMILES string of the molecule is C=C1CC(=C)OC(=O)O1.C=C1CC2(CCCCC2)OC(=O)O1.C=C1COC(=O)OC1.C=C1COC(=O)OC1=C.C=C1OC(=O)OC(=C)C1=C. The van der Waals surface area contributed by atoms with Gasteiger partial charge in [-0.1, -0.05) is 65.6 Å². The van der Waals surface area contributed by atoms with Gasteiger partial charge in [0.2, 0.25) is 0 Å². The van der Waals surface area contributed by atoms with Gasteiger partial charge in [0.15, 0.2) is 0 Å². The van der Waals surface area contributed by atoms with Gasteiger partial charge in [-0.05, 0) is 31.3 Å². The van der Waals surface area contributed by atoms with E-state index < -0.39 is 30.8 Å². The summed E-state index contributed by atoms with van der Waals surface area (Å²) >= 11 is 0. The highest BCUT2D eigenvalue weighted by Gasteiger charge is 2.41. The first-order valence-electron chi connectivity index (χ1n) is 14.5. The Morgan fingerprint density at radius 2 is 0.939 bits per heavy atom. The molecule has 0 aromatic heterocycles. The van der Waals surface area contributed by atoms with Crippen molar-refractivity contribution < 1.29 is 71.3 Å². The lowest BCUT2D eigenvalue weighted by molar-refractivity contribution is -0.0789. The third-order valence-corrected chi connectivity index (χ3v) is 6.50. The van der Waals surface area contributed by atoms with Gasteiger partial charge in [0.05, 0.1) is 12.0 Å². The molecular weight excluding hydrogens is 648 g/mol. The Kier molecular flexibility index (Phi) is 14.7. The van der Waals surface area contributed by atoms with Crippen molar-refractivity contribution in [2.45, 2.75) is 50.5 Å². The lowest BCUT2D eigenvalue weighted by Crippen LogP contribution is -2.41. The number of hydrogen-bond donors (Lipinski definition) is 0. The second-order valence-electron chi connectivity index (χ2n) is 10.6. The number of carbonyl (C=O) groups is 5. The molecule has 1 spiro atoms. The summed E-state index contributed by atoms with van der Waals surface area (Å²) in [6.07, 6.45) is 3.11. The molecule has 5 heterocycles. The summed E-state index contributed by atoms with van der Waals surface area (Å²) in [5, 5.41) is 0. The highest BCUT2D eigenvalue weighted by molar-refractivity contribution is 5.68. The third kappa shape index (κ3) is 14.1. The summed E-state index contributed by atoms with van der Waals surface area (Å²) in [4.78, 5) is 52.2. The lowest BCUT2D eigenvalue weighted by atomic mass is 9.81. The van der Waals surface area contributed by atoms with Crippen LogP contribution < -0.4 is 0 Å². The number of ether oxygens (including phenoxy) is 10. The monoisotopic (exact) mass is 686 g/mol. The molecule has 0 N–H and O–H groups in total. The molecule has 6 aliphatic rings. The van der Waals surface area contributed by atoms with E-state index in [-0.39, 0.29) is 23.7 Å². The average Bonchev–Trinajstić information content (AvgIpc) is 3.00. The second kappa shape index (κ2) is 18.4. The lowest BCUT2D eigenvalue weighted by Gasteiger charge is -2.39. The van der Waals surface area contributed by atoms with E-state index in [1.165, 1.54) is 6.42 Å². The van der Waals surface area contributed by atoms with Crippen LogP contribution in [0.4, 0.5) is 24.0 Å². The maximum atomic E-state index is 11.0. The van der Waals surface area contributed by atoms with Crippen molar-refractivity contribution >= 4 is 30.8 Å². The van der Waals surface area contributed by atoms with Gasteiger partial charge in [-0.2, -0.15) is 0 Å². The Morgan fingerprint density at radius 3 is 1.39 bits per heavy atom. The number of cyclic esters (lactones) is 9. The van der Waals surface area contributed by atoms with Crippen LogP contribution in [-0.2, 0) is 47.4 Å². The molecule has 6 rings (SSSR count). The fraction of sp³-hybridized carbons (Fsp3) is 0.324. The smallest absolute Gasteiger partial charge is 0.430 e. The van der Waals surface area contributed by atoms with E-state index in [9.17, 15) is 24.0 Å². The zero-order valence-electron chi connectivity index (χ0n) is 27.1. The molecule has 0 aromatic rings. The highest BCUT2D eigenvalue weighted by atomic mass is 16.8. The van der Waals surface area contributed by atoms with Gasteiger partial charge in [0, 0.05) is 12.0 Å². The fourth-order valence-electron chi connectivity index (χ4n) is 4.11. The van der Waals surface area contributed by atoms with Gasteiger partial charge >= 0.3 is 30.8 Å². The molecule has 1 saturated carbocycles. The first-order valence-corrected chi connectivity index (χ1v) is 14.5. The van der Waals surface area contributed by atoms with Crippen LogP contribution in [0.15, 0.2) is 110 Å². The summed E-state index contributed by atoms with van der Waals surface area (Å²) in [6, 6.07) is 0. The van der Waals surface area contributed by atoms with Crippen molar-refractivity contribution in [1.29, 1.82) is 0 Å². The minimum atomic E-state index is -0.803. The van der Waals surface area contributed by atoms with E-state index in [2.05, 4.69) is 97.1 Å². The Labute approximate surface area is 283 Å². The molecule has 15 nitrogen and oxygen atoms in total. The molecule has 15 heteroatoms. The number of hydrogen-bond acceptors (Lipinski definition) is 15. The van der Waals surface area contributed by atoms with Crippen molar-refractivity contribution in [1.82, 2.24) is 0 Å². The van der Waals surface area contributed by atoms with Crippen LogP contribution in [0.25, 0.3) is 0 Å². The average molecular weight is 687 g/mol. The van der Waals surface area contributed by atoms with Gasteiger partial charge in [-0.15, -0.1) is 0 Å². The van der Waals surface area contributed by atoms with Crippen LogP contribution in [-0.4, -0.2) is 56.2 Å². The molecule has 0 aromatic carbocycles. The van der Waals surface area contributed by atoms with Crippen LogP contribution in [0.2, 0.25) is 0 Å². The fourth-order valence-corrected chi connectivity index (χ4v) is 4.11. The molecule has 264 valence electrons. The molecule has 0 radical (unpaired) electrons. The van der Waals surface area contributed by atoms with Crippen molar-refractivity contribution in [3.05, 3.63) is 110 Å². The second-order valence-corrected chi connectivity index (χ2v) is 10.6.